The molecular formula is C10H9ClO2. The topological polar surface area (TPSA) is 34.1 Å². The molecule has 0 atom stereocenters. The lowest BCUT2D eigenvalue weighted by Gasteiger charge is -2.04. The van der Waals surface area contributed by atoms with Gasteiger partial charge in [0.2, 0.25) is 0 Å². The van der Waals surface area contributed by atoms with Gasteiger partial charge in [-0.3, -0.25) is 9.59 Å². The Morgan fingerprint density at radius 3 is 2.46 bits per heavy atom. The number of hydrogen-bond acceptors (Lipinski definition) is 2. The lowest BCUT2D eigenvalue weighted by atomic mass is 10.0. The van der Waals surface area contributed by atoms with Crippen LogP contribution in [-0.4, -0.2) is 12.1 Å². The Morgan fingerprint density at radius 1 is 1.46 bits per heavy atom. The third-order valence-corrected chi connectivity index (χ3v) is 2.10. The van der Waals surface area contributed by atoms with Crippen LogP contribution in [0.2, 0.25) is 5.02 Å². The SMILES string of the molecule is CC(=O)c1c(C)cc(C=O)cc1Cl. The highest BCUT2D eigenvalue weighted by Gasteiger charge is 2.09. The van der Waals surface area contributed by atoms with Crippen molar-refractivity contribution in [3.05, 3.63) is 33.8 Å². The summed E-state index contributed by atoms with van der Waals surface area (Å²) in [7, 11) is 0. The summed E-state index contributed by atoms with van der Waals surface area (Å²) in [6.07, 6.45) is 0.711. The minimum Gasteiger partial charge on any atom is -0.298 e. The third-order valence-electron chi connectivity index (χ3n) is 1.80. The van der Waals surface area contributed by atoms with Crippen molar-refractivity contribution in [2.75, 3.05) is 0 Å². The second-order valence-electron chi connectivity index (χ2n) is 2.87. The molecule has 1 aromatic carbocycles. The van der Waals surface area contributed by atoms with Crippen molar-refractivity contribution < 1.29 is 9.59 Å². The van der Waals surface area contributed by atoms with Gasteiger partial charge in [0.05, 0.1) is 5.02 Å². The van der Waals surface area contributed by atoms with Gasteiger partial charge in [0.25, 0.3) is 0 Å². The van der Waals surface area contributed by atoms with E-state index in [1.807, 2.05) is 0 Å². The molecule has 0 aliphatic carbocycles. The molecule has 0 aromatic heterocycles. The first kappa shape index (κ1) is 9.93. The van der Waals surface area contributed by atoms with Gasteiger partial charge in [-0.15, -0.1) is 0 Å². The van der Waals surface area contributed by atoms with Gasteiger partial charge in [0.15, 0.2) is 5.78 Å². The highest BCUT2D eigenvalue weighted by Crippen LogP contribution is 2.21. The van der Waals surface area contributed by atoms with E-state index in [-0.39, 0.29) is 5.78 Å². The van der Waals surface area contributed by atoms with E-state index >= 15 is 0 Å². The van der Waals surface area contributed by atoms with Crippen LogP contribution in [0.1, 0.15) is 33.2 Å². The van der Waals surface area contributed by atoms with Gasteiger partial charge in [-0.1, -0.05) is 11.6 Å². The molecule has 0 saturated carbocycles. The Balaban J connectivity index is 3.39. The first-order valence-corrected chi connectivity index (χ1v) is 4.20. The van der Waals surface area contributed by atoms with Crippen LogP contribution in [0.25, 0.3) is 0 Å². The number of rotatable bonds is 2. The van der Waals surface area contributed by atoms with Crippen molar-refractivity contribution in [1.29, 1.82) is 0 Å². The third kappa shape index (κ3) is 1.95. The van der Waals surface area contributed by atoms with Crippen molar-refractivity contribution >= 4 is 23.7 Å². The summed E-state index contributed by atoms with van der Waals surface area (Å²) in [6, 6.07) is 3.15. The van der Waals surface area contributed by atoms with Gasteiger partial charge >= 0.3 is 0 Å². The first-order valence-electron chi connectivity index (χ1n) is 3.82. The van der Waals surface area contributed by atoms with Gasteiger partial charge < -0.3 is 0 Å². The summed E-state index contributed by atoms with van der Waals surface area (Å²) in [6.45, 7) is 3.21. The zero-order valence-electron chi connectivity index (χ0n) is 7.43. The molecule has 0 bridgehead atoms. The molecule has 1 aromatic rings. The molecule has 0 unspecified atom stereocenters. The molecule has 0 aliphatic heterocycles. The smallest absolute Gasteiger partial charge is 0.161 e. The van der Waals surface area contributed by atoms with Gasteiger partial charge in [-0.2, -0.15) is 0 Å². The summed E-state index contributed by atoms with van der Waals surface area (Å²) >= 11 is 5.83. The molecule has 0 heterocycles. The summed E-state index contributed by atoms with van der Waals surface area (Å²) in [5.41, 5.74) is 1.72. The van der Waals surface area contributed by atoms with Crippen LogP contribution in [-0.2, 0) is 0 Å². The molecule has 68 valence electrons. The summed E-state index contributed by atoms with van der Waals surface area (Å²) in [5, 5.41) is 0.342. The highest BCUT2D eigenvalue weighted by molar-refractivity contribution is 6.34. The zero-order chi connectivity index (χ0) is 10.0. The second-order valence-corrected chi connectivity index (χ2v) is 3.28. The van der Waals surface area contributed by atoms with Crippen LogP contribution in [0.5, 0.6) is 0 Å². The van der Waals surface area contributed by atoms with Gasteiger partial charge in [-0.25, -0.2) is 0 Å². The zero-order valence-corrected chi connectivity index (χ0v) is 8.18. The summed E-state index contributed by atoms with van der Waals surface area (Å²) in [4.78, 5) is 21.6. The number of carbonyl (C=O) groups is 2. The van der Waals surface area contributed by atoms with E-state index in [2.05, 4.69) is 0 Å². The molecule has 0 fully saturated rings. The van der Waals surface area contributed by atoms with E-state index < -0.39 is 0 Å². The molecule has 1 rings (SSSR count). The molecule has 2 nitrogen and oxygen atoms in total. The number of benzene rings is 1. The Bertz CT molecular complexity index is 346. The number of hydrogen-bond donors (Lipinski definition) is 0. The molecule has 0 radical (unpaired) electrons. The molecule has 13 heavy (non-hydrogen) atoms. The van der Waals surface area contributed by atoms with Crippen LogP contribution >= 0.6 is 11.6 Å². The van der Waals surface area contributed by atoms with Crippen LogP contribution < -0.4 is 0 Å². The van der Waals surface area contributed by atoms with Crippen molar-refractivity contribution in [2.45, 2.75) is 13.8 Å². The number of carbonyl (C=O) groups excluding carboxylic acids is 2. The van der Waals surface area contributed by atoms with E-state index in [0.717, 1.165) is 5.56 Å². The van der Waals surface area contributed by atoms with Crippen LogP contribution in [0.15, 0.2) is 12.1 Å². The van der Waals surface area contributed by atoms with Gasteiger partial charge in [0, 0.05) is 11.1 Å². The first-order chi connectivity index (χ1) is 6.06. The quantitative estimate of drug-likeness (QED) is 0.538. The summed E-state index contributed by atoms with van der Waals surface area (Å²) < 4.78 is 0. The van der Waals surface area contributed by atoms with Crippen LogP contribution in [0.4, 0.5) is 0 Å². The number of Topliss-reactive ketones (excluding diaryl/α,β-unsaturated/α-hetero) is 1. The largest absolute Gasteiger partial charge is 0.298 e. The lowest BCUT2D eigenvalue weighted by Crippen LogP contribution is -1.98. The van der Waals surface area contributed by atoms with E-state index in [1.165, 1.54) is 13.0 Å². The Hall–Kier alpha value is -1.15. The van der Waals surface area contributed by atoms with Crippen molar-refractivity contribution in [1.82, 2.24) is 0 Å². The average Bonchev–Trinajstić information content (AvgIpc) is 2.02. The average molecular weight is 197 g/mol. The Kier molecular flexibility index (Phi) is 2.83. The molecular weight excluding hydrogens is 188 g/mol. The normalized spacial score (nSPS) is 9.77. The molecule has 0 saturated heterocycles. The van der Waals surface area contributed by atoms with Crippen molar-refractivity contribution in [2.24, 2.45) is 0 Å². The van der Waals surface area contributed by atoms with E-state index in [4.69, 9.17) is 11.6 Å². The van der Waals surface area contributed by atoms with E-state index in [1.54, 1.807) is 13.0 Å². The maximum atomic E-state index is 11.1. The minimum atomic E-state index is -0.0834. The number of ketones is 1. The standard InChI is InChI=1S/C10H9ClO2/c1-6-3-8(5-12)4-9(11)10(6)7(2)13/h3-5H,1-2H3. The maximum Gasteiger partial charge on any atom is 0.161 e. The monoisotopic (exact) mass is 196 g/mol. The van der Waals surface area contributed by atoms with Crippen LogP contribution in [0.3, 0.4) is 0 Å². The Morgan fingerprint density at radius 2 is 2.08 bits per heavy atom. The Labute approximate surface area is 81.5 Å². The van der Waals surface area contributed by atoms with Crippen molar-refractivity contribution in [3.8, 4) is 0 Å². The maximum absolute atomic E-state index is 11.1. The van der Waals surface area contributed by atoms with Gasteiger partial charge in [-0.05, 0) is 31.5 Å². The molecule has 3 heteroatoms. The fourth-order valence-corrected chi connectivity index (χ4v) is 1.69. The number of aryl methyl sites for hydroxylation is 1. The van der Waals surface area contributed by atoms with Crippen molar-refractivity contribution in [3.63, 3.8) is 0 Å². The number of aldehydes is 1. The summed E-state index contributed by atoms with van der Waals surface area (Å²) in [5.74, 6) is -0.0834. The second kappa shape index (κ2) is 3.71. The molecule has 0 N–H and O–H groups in total. The van der Waals surface area contributed by atoms with E-state index in [9.17, 15) is 9.59 Å². The predicted molar refractivity (Wildman–Crippen MR) is 51.6 cm³/mol. The lowest BCUT2D eigenvalue weighted by molar-refractivity contribution is 0.101. The fourth-order valence-electron chi connectivity index (χ4n) is 1.28. The molecule has 0 aliphatic rings. The molecule has 0 spiro atoms. The number of halogens is 1. The molecule has 0 amide bonds. The highest BCUT2D eigenvalue weighted by atomic mass is 35.5. The van der Waals surface area contributed by atoms with E-state index in [0.29, 0.717) is 22.4 Å². The minimum absolute atomic E-state index is 0.0834. The fraction of sp³-hybridized carbons (Fsp3) is 0.200. The predicted octanol–water partition coefficient (Wildman–Crippen LogP) is 2.66. The van der Waals surface area contributed by atoms with Crippen LogP contribution in [0, 0.1) is 6.92 Å². The van der Waals surface area contributed by atoms with Gasteiger partial charge in [0.1, 0.15) is 6.29 Å².